The van der Waals surface area contributed by atoms with Gasteiger partial charge in [-0.1, -0.05) is 0 Å². The molecule has 2 heterocycles. The lowest BCUT2D eigenvalue weighted by molar-refractivity contribution is 1.04. The third-order valence-corrected chi connectivity index (χ3v) is 1.62. The predicted octanol–water partition coefficient (Wildman–Crippen LogP) is 1.59. The number of fused-ring (bicyclic) bond motifs is 1. The van der Waals surface area contributed by atoms with Crippen LogP contribution in [0.1, 0.15) is 0 Å². The van der Waals surface area contributed by atoms with E-state index in [9.17, 15) is 0 Å². The number of pyridine rings is 1. The molecule has 0 aliphatic heterocycles. The van der Waals surface area contributed by atoms with Crippen molar-refractivity contribution in [3.63, 3.8) is 0 Å². The molecule has 4 heteroatoms. The summed E-state index contributed by atoms with van der Waals surface area (Å²) < 4.78 is 1.57. The summed E-state index contributed by atoms with van der Waals surface area (Å²) in [5.74, 6) is 0. The number of halogens is 1. The Balaban J connectivity index is 2.88. The van der Waals surface area contributed by atoms with Gasteiger partial charge >= 0.3 is 0 Å². The normalized spacial score (nSPS) is 10.5. The fourth-order valence-electron chi connectivity index (χ4n) is 0.828. The lowest BCUT2D eigenvalue weighted by Gasteiger charge is -1.79. The van der Waals surface area contributed by atoms with Crippen LogP contribution in [0.2, 0.25) is 0 Å². The first-order chi connectivity index (χ1) is 4.86. The van der Waals surface area contributed by atoms with Crippen LogP contribution in [0.5, 0.6) is 0 Å². The molecule has 0 saturated carbocycles. The zero-order chi connectivity index (χ0) is 6.97. The smallest absolute Gasteiger partial charge is 0.182 e. The van der Waals surface area contributed by atoms with Gasteiger partial charge in [0.25, 0.3) is 0 Å². The Morgan fingerprint density at radius 3 is 3.20 bits per heavy atom. The molecular weight excluding hydrogens is 194 g/mol. The van der Waals surface area contributed by atoms with Gasteiger partial charge in [-0.15, -0.1) is 5.10 Å². The molecule has 2 aromatic rings. The first-order valence-electron chi connectivity index (χ1n) is 2.83. The topological polar surface area (TPSA) is 30.7 Å². The number of hydrogen-bond acceptors (Lipinski definition) is 2. The zero-order valence-corrected chi connectivity index (χ0v) is 6.62. The number of aromatic nitrogens is 3. The molecule has 0 N–H and O–H groups in total. The average Bonchev–Trinajstić information content (AvgIpc) is 2.27. The van der Waals surface area contributed by atoms with Gasteiger partial charge in [0, 0.05) is 17.8 Å². The Morgan fingerprint density at radius 1 is 1.50 bits per heavy atom. The Hall–Kier alpha value is -0.900. The van der Waals surface area contributed by atoms with E-state index in [0.29, 0.717) is 0 Å². The summed E-state index contributed by atoms with van der Waals surface area (Å²) in [6.07, 6.45) is 3.59. The van der Waals surface area contributed by atoms with Gasteiger partial charge in [-0.05, 0) is 12.1 Å². The molecule has 0 unspecified atom stereocenters. The molecule has 0 aromatic carbocycles. The van der Waals surface area contributed by atoms with Crippen molar-refractivity contribution in [1.82, 2.24) is 13.8 Å². The summed E-state index contributed by atoms with van der Waals surface area (Å²) in [6, 6.07) is 3.85. The largest absolute Gasteiger partial charge is 0.235 e. The van der Waals surface area contributed by atoms with E-state index in [-0.39, 0.29) is 0 Å². The molecule has 0 spiro atoms. The number of hydrogen-bond donors (Lipinski definition) is 0. The van der Waals surface area contributed by atoms with E-state index in [1.54, 1.807) is 9.90 Å². The van der Waals surface area contributed by atoms with Gasteiger partial charge in [-0.25, -0.2) is 8.69 Å². The minimum Gasteiger partial charge on any atom is -0.235 e. The van der Waals surface area contributed by atoms with Crippen LogP contribution in [-0.4, -0.2) is 13.8 Å². The molecule has 10 heavy (non-hydrogen) atoms. The van der Waals surface area contributed by atoms with Crippen molar-refractivity contribution in [2.75, 3.05) is 0 Å². The molecule has 0 amide bonds. The number of rotatable bonds is 0. The molecule has 3 nitrogen and oxygen atoms in total. The maximum atomic E-state index is 4.04. The van der Waals surface area contributed by atoms with Gasteiger partial charge in [-0.3, -0.25) is 0 Å². The zero-order valence-electron chi connectivity index (χ0n) is 5.03. The Morgan fingerprint density at radius 2 is 2.40 bits per heavy atom. The Bertz CT molecular complexity index is 322. The van der Waals surface area contributed by atoms with Gasteiger partial charge in [0.2, 0.25) is 0 Å². The minimum atomic E-state index is 0.763. The highest BCUT2D eigenvalue weighted by Crippen LogP contribution is 2.08. The lowest BCUT2D eigenvalue weighted by Crippen LogP contribution is -1.77. The molecule has 0 atom stereocenters. The quantitative estimate of drug-likeness (QED) is 0.643. The standard InChI is InChI=1S/C6H4BrN3/c7-10-4-5-2-1-3-8-6(5)9-10/h1-4H. The second kappa shape index (κ2) is 2.05. The number of nitrogens with zero attached hydrogens (tertiary/aromatic N) is 3. The summed E-state index contributed by atoms with van der Waals surface area (Å²) >= 11 is 3.19. The third kappa shape index (κ3) is 0.806. The van der Waals surface area contributed by atoms with Crippen LogP contribution in [-0.2, 0) is 0 Å². The molecule has 2 rings (SSSR count). The van der Waals surface area contributed by atoms with Gasteiger partial charge in [0.05, 0.1) is 16.1 Å². The van der Waals surface area contributed by atoms with Crippen LogP contribution in [0.3, 0.4) is 0 Å². The molecule has 2 aromatic heterocycles. The fourth-order valence-corrected chi connectivity index (χ4v) is 1.20. The maximum Gasteiger partial charge on any atom is 0.182 e. The molecule has 0 fully saturated rings. The predicted molar refractivity (Wildman–Crippen MR) is 41.9 cm³/mol. The van der Waals surface area contributed by atoms with Crippen LogP contribution in [0.15, 0.2) is 24.5 Å². The summed E-state index contributed by atoms with van der Waals surface area (Å²) in [6.45, 7) is 0. The SMILES string of the molecule is Brn1cc2cccnc2n1. The molecular formula is C6H4BrN3. The second-order valence-corrected chi connectivity index (χ2v) is 2.66. The highest BCUT2D eigenvalue weighted by Gasteiger charge is 1.95. The van der Waals surface area contributed by atoms with Crippen molar-refractivity contribution in [3.8, 4) is 0 Å². The lowest BCUT2D eigenvalue weighted by atomic mass is 10.4. The van der Waals surface area contributed by atoms with E-state index >= 15 is 0 Å². The van der Waals surface area contributed by atoms with Crippen LogP contribution in [0, 0.1) is 0 Å². The molecule has 0 aliphatic rings. The molecule has 0 bridgehead atoms. The van der Waals surface area contributed by atoms with E-state index in [1.165, 1.54) is 0 Å². The third-order valence-electron chi connectivity index (χ3n) is 1.25. The van der Waals surface area contributed by atoms with Gasteiger partial charge in [0.15, 0.2) is 5.65 Å². The molecule has 0 radical (unpaired) electrons. The van der Waals surface area contributed by atoms with E-state index < -0.39 is 0 Å². The Labute approximate surface area is 66.0 Å². The minimum absolute atomic E-state index is 0.763. The van der Waals surface area contributed by atoms with E-state index in [4.69, 9.17) is 0 Å². The van der Waals surface area contributed by atoms with Crippen LogP contribution >= 0.6 is 16.1 Å². The van der Waals surface area contributed by atoms with Crippen molar-refractivity contribution in [1.29, 1.82) is 0 Å². The molecule has 0 saturated heterocycles. The molecule has 50 valence electrons. The highest BCUT2D eigenvalue weighted by molar-refractivity contribution is 9.08. The summed E-state index contributed by atoms with van der Waals surface area (Å²) in [5.41, 5.74) is 0.763. The second-order valence-electron chi connectivity index (χ2n) is 1.93. The van der Waals surface area contributed by atoms with Crippen molar-refractivity contribution < 1.29 is 0 Å². The maximum absolute atomic E-state index is 4.04. The molecule has 0 aliphatic carbocycles. The summed E-state index contributed by atoms with van der Waals surface area (Å²) in [5, 5.41) is 5.08. The monoisotopic (exact) mass is 197 g/mol. The van der Waals surface area contributed by atoms with Gasteiger partial charge in [0.1, 0.15) is 0 Å². The van der Waals surface area contributed by atoms with Gasteiger partial charge < -0.3 is 0 Å². The summed E-state index contributed by atoms with van der Waals surface area (Å²) in [7, 11) is 0. The van der Waals surface area contributed by atoms with E-state index in [1.807, 2.05) is 18.3 Å². The van der Waals surface area contributed by atoms with Crippen LogP contribution < -0.4 is 0 Å². The average molecular weight is 198 g/mol. The van der Waals surface area contributed by atoms with Crippen molar-refractivity contribution in [3.05, 3.63) is 24.5 Å². The fraction of sp³-hybridized carbons (Fsp3) is 0. The van der Waals surface area contributed by atoms with Crippen molar-refractivity contribution in [2.24, 2.45) is 0 Å². The first-order valence-corrected chi connectivity index (χ1v) is 3.54. The van der Waals surface area contributed by atoms with Gasteiger partial charge in [-0.2, -0.15) is 0 Å². The van der Waals surface area contributed by atoms with Crippen molar-refractivity contribution >= 4 is 27.2 Å². The highest BCUT2D eigenvalue weighted by atomic mass is 79.9. The Kier molecular flexibility index (Phi) is 1.20. The van der Waals surface area contributed by atoms with E-state index in [2.05, 4.69) is 26.2 Å². The van der Waals surface area contributed by atoms with Crippen molar-refractivity contribution in [2.45, 2.75) is 0 Å². The van der Waals surface area contributed by atoms with Crippen LogP contribution in [0.25, 0.3) is 11.0 Å². The first kappa shape index (κ1) is 5.85. The van der Waals surface area contributed by atoms with Crippen LogP contribution in [0.4, 0.5) is 0 Å². The summed E-state index contributed by atoms with van der Waals surface area (Å²) in [4.78, 5) is 4.04. The van der Waals surface area contributed by atoms with E-state index in [0.717, 1.165) is 11.0 Å².